The topological polar surface area (TPSA) is 60.8 Å². The largest absolute Gasteiger partial charge is 0.393 e. The molecule has 1 aliphatic heterocycles. The SMILES string of the molecule is O=CN1CCC(O)(CO)C1. The molecule has 1 aliphatic rings. The van der Waals surface area contributed by atoms with E-state index in [4.69, 9.17) is 5.11 Å². The molecule has 1 heterocycles. The van der Waals surface area contributed by atoms with Crippen molar-refractivity contribution in [2.45, 2.75) is 12.0 Å². The average Bonchev–Trinajstić information content (AvgIpc) is 2.33. The molecular formula is C6H11NO3. The molecule has 1 rings (SSSR count). The third-order valence-corrected chi connectivity index (χ3v) is 1.81. The Morgan fingerprint density at radius 3 is 2.70 bits per heavy atom. The van der Waals surface area contributed by atoms with Gasteiger partial charge in [-0.15, -0.1) is 0 Å². The van der Waals surface area contributed by atoms with Gasteiger partial charge >= 0.3 is 0 Å². The highest BCUT2D eigenvalue weighted by Crippen LogP contribution is 2.18. The monoisotopic (exact) mass is 145 g/mol. The quantitative estimate of drug-likeness (QED) is 0.468. The Hall–Kier alpha value is -0.610. The summed E-state index contributed by atoms with van der Waals surface area (Å²) < 4.78 is 0. The van der Waals surface area contributed by atoms with E-state index in [1.807, 2.05) is 0 Å². The second-order valence-electron chi connectivity index (χ2n) is 2.71. The maximum Gasteiger partial charge on any atom is 0.209 e. The minimum atomic E-state index is -1.04. The third-order valence-electron chi connectivity index (χ3n) is 1.81. The van der Waals surface area contributed by atoms with E-state index in [1.54, 1.807) is 0 Å². The van der Waals surface area contributed by atoms with Gasteiger partial charge in [0.2, 0.25) is 6.41 Å². The fraction of sp³-hybridized carbons (Fsp3) is 0.833. The minimum absolute atomic E-state index is 0.257. The van der Waals surface area contributed by atoms with Crippen LogP contribution in [0.2, 0.25) is 0 Å². The number of hydrogen-bond donors (Lipinski definition) is 2. The van der Waals surface area contributed by atoms with Crippen molar-refractivity contribution in [3.05, 3.63) is 0 Å². The zero-order chi connectivity index (χ0) is 7.61. The standard InChI is InChI=1S/C6H11NO3/c8-4-6(10)1-2-7(3-6)5-9/h5,8,10H,1-4H2. The van der Waals surface area contributed by atoms with Crippen LogP contribution in [-0.2, 0) is 4.79 Å². The van der Waals surface area contributed by atoms with Crippen LogP contribution < -0.4 is 0 Å². The van der Waals surface area contributed by atoms with Crippen LogP contribution in [0.3, 0.4) is 0 Å². The summed E-state index contributed by atoms with van der Waals surface area (Å²) in [5, 5.41) is 18.0. The van der Waals surface area contributed by atoms with E-state index in [0.29, 0.717) is 19.4 Å². The van der Waals surface area contributed by atoms with E-state index >= 15 is 0 Å². The maximum absolute atomic E-state index is 10.1. The zero-order valence-corrected chi connectivity index (χ0v) is 5.66. The smallest absolute Gasteiger partial charge is 0.209 e. The van der Waals surface area contributed by atoms with Crippen LogP contribution in [0.1, 0.15) is 6.42 Å². The molecule has 1 fully saturated rings. The molecule has 1 saturated heterocycles. The van der Waals surface area contributed by atoms with Gasteiger partial charge in [-0.2, -0.15) is 0 Å². The highest BCUT2D eigenvalue weighted by atomic mass is 16.3. The van der Waals surface area contributed by atoms with Crippen LogP contribution in [0.4, 0.5) is 0 Å². The molecule has 0 radical (unpaired) electrons. The number of hydrogen-bond acceptors (Lipinski definition) is 3. The fourth-order valence-electron chi connectivity index (χ4n) is 1.11. The van der Waals surface area contributed by atoms with Crippen molar-refractivity contribution in [2.75, 3.05) is 19.7 Å². The Morgan fingerprint density at radius 2 is 2.40 bits per heavy atom. The lowest BCUT2D eigenvalue weighted by molar-refractivity contribution is -0.118. The lowest BCUT2D eigenvalue weighted by Gasteiger charge is -2.17. The molecular weight excluding hydrogens is 134 g/mol. The van der Waals surface area contributed by atoms with Gasteiger partial charge in [-0.3, -0.25) is 4.79 Å². The predicted molar refractivity (Wildman–Crippen MR) is 34.3 cm³/mol. The lowest BCUT2D eigenvalue weighted by Crippen LogP contribution is -2.36. The van der Waals surface area contributed by atoms with Crippen molar-refractivity contribution in [1.82, 2.24) is 4.90 Å². The number of carbonyl (C=O) groups is 1. The third kappa shape index (κ3) is 1.27. The summed E-state index contributed by atoms with van der Waals surface area (Å²) in [5.41, 5.74) is -1.04. The van der Waals surface area contributed by atoms with E-state index in [1.165, 1.54) is 4.90 Å². The first-order valence-corrected chi connectivity index (χ1v) is 3.23. The molecule has 1 atom stereocenters. The predicted octanol–water partition coefficient (Wildman–Crippen LogP) is -1.43. The summed E-state index contributed by atoms with van der Waals surface area (Å²) in [6.07, 6.45) is 1.16. The summed E-state index contributed by atoms with van der Waals surface area (Å²) in [6.45, 7) is 0.533. The van der Waals surface area contributed by atoms with Crippen LogP contribution in [0, 0.1) is 0 Å². The van der Waals surface area contributed by atoms with Gasteiger partial charge in [0.15, 0.2) is 0 Å². The summed E-state index contributed by atoms with van der Waals surface area (Å²) in [6, 6.07) is 0. The van der Waals surface area contributed by atoms with Gasteiger partial charge in [0.1, 0.15) is 5.60 Å². The molecule has 0 aromatic carbocycles. The maximum atomic E-state index is 10.1. The van der Waals surface area contributed by atoms with Crippen molar-refractivity contribution in [1.29, 1.82) is 0 Å². The summed E-state index contributed by atoms with van der Waals surface area (Å²) in [7, 11) is 0. The first-order valence-electron chi connectivity index (χ1n) is 3.23. The highest BCUT2D eigenvalue weighted by molar-refractivity contribution is 5.48. The second kappa shape index (κ2) is 2.56. The fourth-order valence-corrected chi connectivity index (χ4v) is 1.11. The second-order valence-corrected chi connectivity index (χ2v) is 2.71. The van der Waals surface area contributed by atoms with Gasteiger partial charge < -0.3 is 15.1 Å². The molecule has 0 aromatic heterocycles. The number of β-amino-alcohol motifs (C(OH)–C–C–N with tert-alkyl or cyclic N) is 1. The Labute approximate surface area is 59.1 Å². The van der Waals surface area contributed by atoms with Gasteiger partial charge in [-0.1, -0.05) is 0 Å². The van der Waals surface area contributed by atoms with Crippen LogP contribution in [0.25, 0.3) is 0 Å². The van der Waals surface area contributed by atoms with Crippen LogP contribution in [-0.4, -0.2) is 46.8 Å². The van der Waals surface area contributed by atoms with E-state index in [0.717, 1.165) is 0 Å². The molecule has 1 amide bonds. The van der Waals surface area contributed by atoms with Gasteiger partial charge in [0.05, 0.1) is 13.2 Å². The van der Waals surface area contributed by atoms with Crippen LogP contribution in [0.15, 0.2) is 0 Å². The Morgan fingerprint density at radius 1 is 1.70 bits per heavy atom. The first-order chi connectivity index (χ1) is 4.70. The van der Waals surface area contributed by atoms with Gasteiger partial charge in [-0.25, -0.2) is 0 Å². The molecule has 4 heteroatoms. The summed E-state index contributed by atoms with van der Waals surface area (Å²) in [5.74, 6) is 0. The minimum Gasteiger partial charge on any atom is -0.393 e. The van der Waals surface area contributed by atoms with E-state index in [2.05, 4.69) is 0 Å². The molecule has 2 N–H and O–H groups in total. The number of aliphatic hydroxyl groups is 2. The number of likely N-dealkylation sites (tertiary alicyclic amines) is 1. The Bertz CT molecular complexity index is 139. The van der Waals surface area contributed by atoms with Gasteiger partial charge in [-0.05, 0) is 6.42 Å². The molecule has 10 heavy (non-hydrogen) atoms. The molecule has 0 bridgehead atoms. The molecule has 0 aliphatic carbocycles. The molecule has 1 unspecified atom stereocenters. The summed E-state index contributed by atoms with van der Waals surface area (Å²) in [4.78, 5) is 11.6. The molecule has 0 spiro atoms. The molecule has 4 nitrogen and oxygen atoms in total. The van der Waals surface area contributed by atoms with Crippen LogP contribution in [0.5, 0.6) is 0 Å². The van der Waals surface area contributed by atoms with Crippen molar-refractivity contribution < 1.29 is 15.0 Å². The van der Waals surface area contributed by atoms with Gasteiger partial charge in [0, 0.05) is 6.54 Å². The first kappa shape index (κ1) is 7.50. The van der Waals surface area contributed by atoms with E-state index < -0.39 is 5.60 Å². The Kier molecular flexibility index (Phi) is 1.92. The number of carbonyl (C=O) groups excluding carboxylic acids is 1. The Balaban J connectivity index is 2.48. The van der Waals surface area contributed by atoms with Crippen molar-refractivity contribution in [3.8, 4) is 0 Å². The number of rotatable bonds is 2. The lowest BCUT2D eigenvalue weighted by atomic mass is 10.1. The van der Waals surface area contributed by atoms with E-state index in [-0.39, 0.29) is 13.2 Å². The normalized spacial score (nSPS) is 32.8. The molecule has 0 aromatic rings. The number of nitrogens with zero attached hydrogens (tertiary/aromatic N) is 1. The zero-order valence-electron chi connectivity index (χ0n) is 5.66. The van der Waals surface area contributed by atoms with Crippen molar-refractivity contribution in [3.63, 3.8) is 0 Å². The summed E-state index contributed by atoms with van der Waals surface area (Å²) >= 11 is 0. The van der Waals surface area contributed by atoms with Gasteiger partial charge in [0.25, 0.3) is 0 Å². The van der Waals surface area contributed by atoms with E-state index in [9.17, 15) is 9.90 Å². The molecule has 0 saturated carbocycles. The number of amides is 1. The molecule has 58 valence electrons. The van der Waals surface area contributed by atoms with Crippen molar-refractivity contribution >= 4 is 6.41 Å². The number of aliphatic hydroxyl groups excluding tert-OH is 1. The highest BCUT2D eigenvalue weighted by Gasteiger charge is 2.34. The average molecular weight is 145 g/mol. The van der Waals surface area contributed by atoms with Crippen LogP contribution >= 0.6 is 0 Å². The van der Waals surface area contributed by atoms with Crippen molar-refractivity contribution in [2.24, 2.45) is 0 Å².